The quantitative estimate of drug-likeness (QED) is 0.482. The van der Waals surface area contributed by atoms with Crippen LogP contribution in [0.3, 0.4) is 0 Å². The van der Waals surface area contributed by atoms with E-state index in [9.17, 15) is 4.79 Å². The third kappa shape index (κ3) is 4.94. The van der Waals surface area contributed by atoms with Gasteiger partial charge in [-0.1, -0.05) is 60.7 Å². The summed E-state index contributed by atoms with van der Waals surface area (Å²) in [5, 5.41) is 3.27. The average Bonchev–Trinajstić information content (AvgIpc) is 2.70. The van der Waals surface area contributed by atoms with Crippen LogP contribution in [0, 0.1) is 0 Å². The van der Waals surface area contributed by atoms with Crippen molar-refractivity contribution in [3.05, 3.63) is 78.1 Å². The first-order valence-corrected chi connectivity index (χ1v) is 8.64. The Morgan fingerprint density at radius 1 is 1.00 bits per heavy atom. The van der Waals surface area contributed by atoms with Gasteiger partial charge in [0.15, 0.2) is 11.6 Å². The van der Waals surface area contributed by atoms with E-state index in [1.54, 1.807) is 0 Å². The van der Waals surface area contributed by atoms with Crippen LogP contribution in [0.4, 0.5) is 17.3 Å². The number of anilines is 3. The van der Waals surface area contributed by atoms with Crippen molar-refractivity contribution in [3.63, 3.8) is 0 Å². The van der Waals surface area contributed by atoms with Gasteiger partial charge in [-0.25, -0.2) is 9.97 Å². The van der Waals surface area contributed by atoms with Crippen LogP contribution in [-0.4, -0.2) is 15.9 Å². The van der Waals surface area contributed by atoms with E-state index in [0.29, 0.717) is 17.3 Å². The van der Waals surface area contributed by atoms with Crippen molar-refractivity contribution in [1.29, 1.82) is 0 Å². The minimum absolute atomic E-state index is 0.0175. The Bertz CT molecular complexity index is 885. The van der Waals surface area contributed by atoms with Crippen molar-refractivity contribution in [2.24, 2.45) is 0 Å². The highest BCUT2D eigenvalue weighted by Gasteiger charge is 2.12. The molecule has 1 amide bonds. The van der Waals surface area contributed by atoms with Gasteiger partial charge in [0.25, 0.3) is 0 Å². The van der Waals surface area contributed by atoms with Gasteiger partial charge in [0.2, 0.25) is 5.91 Å². The van der Waals surface area contributed by atoms with E-state index in [4.69, 9.17) is 5.73 Å². The topological polar surface area (TPSA) is 105 Å². The standard InChI is InChI=1S/C20H22N6O/c1-14(16-10-6-3-7-11-16)24-19-18(21)20(23-13-22-19)26-25-17(27)12-15-8-4-2-5-9-15/h2-11,13-14H,12,21H2,1H3,(H,25,27)(H2,22,23,24,26). The van der Waals surface area contributed by atoms with Gasteiger partial charge in [-0.2, -0.15) is 0 Å². The molecule has 7 heteroatoms. The molecule has 1 heterocycles. The highest BCUT2D eigenvalue weighted by atomic mass is 16.2. The van der Waals surface area contributed by atoms with Gasteiger partial charge in [-0.05, 0) is 18.1 Å². The van der Waals surface area contributed by atoms with Gasteiger partial charge in [-0.3, -0.25) is 15.6 Å². The fourth-order valence-corrected chi connectivity index (χ4v) is 2.59. The molecule has 0 aliphatic carbocycles. The SMILES string of the molecule is CC(Nc1ncnc(NNC(=O)Cc2ccccc2)c1N)c1ccccc1. The van der Waals surface area contributed by atoms with Crippen LogP contribution in [0.1, 0.15) is 24.1 Å². The Kier molecular flexibility index (Phi) is 5.84. The maximum absolute atomic E-state index is 12.1. The molecule has 138 valence electrons. The molecule has 1 aromatic heterocycles. The monoisotopic (exact) mass is 362 g/mol. The second kappa shape index (κ2) is 8.66. The molecule has 1 atom stereocenters. The van der Waals surface area contributed by atoms with Crippen LogP contribution in [0.5, 0.6) is 0 Å². The number of amides is 1. The number of nitrogens with zero attached hydrogens (tertiary/aromatic N) is 2. The van der Waals surface area contributed by atoms with Crippen LogP contribution >= 0.6 is 0 Å². The van der Waals surface area contributed by atoms with E-state index in [1.807, 2.05) is 67.6 Å². The van der Waals surface area contributed by atoms with Crippen molar-refractivity contribution in [2.45, 2.75) is 19.4 Å². The van der Waals surface area contributed by atoms with Gasteiger partial charge < -0.3 is 11.1 Å². The minimum atomic E-state index is -0.189. The maximum atomic E-state index is 12.1. The molecule has 0 aliphatic heterocycles. The summed E-state index contributed by atoms with van der Waals surface area (Å²) in [7, 11) is 0. The molecule has 3 rings (SSSR count). The molecule has 0 saturated carbocycles. The van der Waals surface area contributed by atoms with E-state index in [0.717, 1.165) is 11.1 Å². The fraction of sp³-hybridized carbons (Fsp3) is 0.150. The molecular formula is C20H22N6O. The second-order valence-corrected chi connectivity index (χ2v) is 6.10. The fourth-order valence-electron chi connectivity index (χ4n) is 2.59. The molecule has 27 heavy (non-hydrogen) atoms. The predicted molar refractivity (Wildman–Crippen MR) is 107 cm³/mol. The highest BCUT2D eigenvalue weighted by Crippen LogP contribution is 2.25. The maximum Gasteiger partial charge on any atom is 0.242 e. The van der Waals surface area contributed by atoms with E-state index in [1.165, 1.54) is 6.33 Å². The number of hydrogen-bond donors (Lipinski definition) is 4. The first-order chi connectivity index (χ1) is 13.1. The van der Waals surface area contributed by atoms with Crippen molar-refractivity contribution >= 4 is 23.2 Å². The number of nitrogens with two attached hydrogens (primary N) is 1. The van der Waals surface area contributed by atoms with E-state index in [-0.39, 0.29) is 18.4 Å². The van der Waals surface area contributed by atoms with Crippen molar-refractivity contribution in [1.82, 2.24) is 15.4 Å². The number of carbonyl (C=O) groups is 1. The van der Waals surface area contributed by atoms with Crippen LogP contribution in [0.15, 0.2) is 67.0 Å². The molecule has 0 saturated heterocycles. The summed E-state index contributed by atoms with van der Waals surface area (Å²) in [6, 6.07) is 19.5. The number of rotatable bonds is 7. The number of hydrogen-bond acceptors (Lipinski definition) is 6. The zero-order valence-electron chi connectivity index (χ0n) is 15.0. The lowest BCUT2D eigenvalue weighted by Gasteiger charge is -2.17. The largest absolute Gasteiger partial charge is 0.393 e. The minimum Gasteiger partial charge on any atom is -0.393 e. The Hall–Kier alpha value is -3.61. The van der Waals surface area contributed by atoms with Crippen molar-refractivity contribution in [3.8, 4) is 0 Å². The second-order valence-electron chi connectivity index (χ2n) is 6.10. The molecule has 0 aliphatic rings. The Morgan fingerprint density at radius 2 is 1.63 bits per heavy atom. The van der Waals surface area contributed by atoms with Crippen molar-refractivity contribution in [2.75, 3.05) is 16.5 Å². The molecule has 0 radical (unpaired) electrons. The number of aromatic nitrogens is 2. The van der Waals surface area contributed by atoms with E-state index < -0.39 is 0 Å². The summed E-state index contributed by atoms with van der Waals surface area (Å²) in [6.45, 7) is 2.02. The number of hydrazine groups is 1. The summed E-state index contributed by atoms with van der Waals surface area (Å²) < 4.78 is 0. The van der Waals surface area contributed by atoms with Crippen LogP contribution in [0.2, 0.25) is 0 Å². The van der Waals surface area contributed by atoms with Crippen molar-refractivity contribution < 1.29 is 4.79 Å². The third-order valence-corrected chi connectivity index (χ3v) is 4.06. The summed E-state index contributed by atoms with van der Waals surface area (Å²) in [5.74, 6) is 0.654. The molecule has 5 N–H and O–H groups in total. The normalized spacial score (nSPS) is 11.4. The number of nitrogen functional groups attached to an aromatic ring is 1. The zero-order chi connectivity index (χ0) is 19.1. The molecule has 0 bridgehead atoms. The number of benzene rings is 2. The lowest BCUT2D eigenvalue weighted by Crippen LogP contribution is -2.31. The highest BCUT2D eigenvalue weighted by molar-refractivity contribution is 5.81. The van der Waals surface area contributed by atoms with Gasteiger partial charge in [0, 0.05) is 0 Å². The summed E-state index contributed by atoms with van der Waals surface area (Å²) in [4.78, 5) is 20.4. The Balaban J connectivity index is 1.62. The van der Waals surface area contributed by atoms with E-state index in [2.05, 4.69) is 26.1 Å². The average molecular weight is 362 g/mol. The Labute approximate surface area is 158 Å². The molecule has 0 fully saturated rings. The smallest absolute Gasteiger partial charge is 0.242 e. The molecule has 7 nitrogen and oxygen atoms in total. The molecule has 3 aromatic rings. The van der Waals surface area contributed by atoms with Gasteiger partial charge in [0.05, 0.1) is 12.5 Å². The molecular weight excluding hydrogens is 340 g/mol. The zero-order valence-corrected chi connectivity index (χ0v) is 15.0. The van der Waals surface area contributed by atoms with Crippen LogP contribution in [-0.2, 0) is 11.2 Å². The first-order valence-electron chi connectivity index (χ1n) is 8.64. The van der Waals surface area contributed by atoms with Gasteiger partial charge in [0.1, 0.15) is 12.0 Å². The molecule has 0 spiro atoms. The number of nitrogens with one attached hydrogen (secondary N) is 3. The summed E-state index contributed by atoms with van der Waals surface area (Å²) in [5.41, 5.74) is 13.9. The molecule has 2 aromatic carbocycles. The van der Waals surface area contributed by atoms with Gasteiger partial charge >= 0.3 is 0 Å². The lowest BCUT2D eigenvalue weighted by molar-refractivity contribution is -0.119. The predicted octanol–water partition coefficient (Wildman–Crippen LogP) is 2.92. The van der Waals surface area contributed by atoms with Gasteiger partial charge in [-0.15, -0.1) is 0 Å². The lowest BCUT2D eigenvalue weighted by atomic mass is 10.1. The summed E-state index contributed by atoms with van der Waals surface area (Å²) >= 11 is 0. The van der Waals surface area contributed by atoms with Crippen LogP contribution in [0.25, 0.3) is 0 Å². The summed E-state index contributed by atoms with van der Waals surface area (Å²) in [6.07, 6.45) is 1.65. The molecule has 1 unspecified atom stereocenters. The Morgan fingerprint density at radius 3 is 2.33 bits per heavy atom. The van der Waals surface area contributed by atoms with E-state index >= 15 is 0 Å². The first kappa shape index (κ1) is 18.2. The number of carbonyl (C=O) groups excluding carboxylic acids is 1. The van der Waals surface area contributed by atoms with Crippen LogP contribution < -0.4 is 21.9 Å². The third-order valence-electron chi connectivity index (χ3n) is 4.06.